The van der Waals surface area contributed by atoms with Crippen LogP contribution in [0.5, 0.6) is 0 Å². The van der Waals surface area contributed by atoms with Gasteiger partial charge in [0.2, 0.25) is 10.0 Å². The van der Waals surface area contributed by atoms with Crippen LogP contribution >= 0.6 is 11.6 Å². The largest absolute Gasteiger partial charge is 0.359 e. The molecule has 0 aliphatic carbocycles. The minimum Gasteiger partial charge on any atom is -0.359 e. The van der Waals surface area contributed by atoms with Gasteiger partial charge in [0.1, 0.15) is 13.1 Å². The van der Waals surface area contributed by atoms with Crippen LogP contribution in [0.2, 0.25) is 5.02 Å². The van der Waals surface area contributed by atoms with Gasteiger partial charge in [0, 0.05) is 17.5 Å². The highest BCUT2D eigenvalue weighted by Crippen LogP contribution is 2.28. The van der Waals surface area contributed by atoms with E-state index in [1.807, 2.05) is 35.5 Å². The molecule has 0 radical (unpaired) electrons. The van der Waals surface area contributed by atoms with Crippen LogP contribution in [0, 0.1) is 0 Å². The van der Waals surface area contributed by atoms with Crippen LogP contribution < -0.4 is 9.62 Å². The molecule has 1 unspecified atom stereocenters. The molecule has 33 heavy (non-hydrogen) atoms. The number of hydrogen-bond acceptors (Lipinski definition) is 7. The van der Waals surface area contributed by atoms with Crippen molar-refractivity contribution in [3.05, 3.63) is 70.9 Å². The number of hydrogen-bond donors (Lipinski definition) is 1. The number of anilines is 2. The predicted octanol–water partition coefficient (Wildman–Crippen LogP) is 3.05. The van der Waals surface area contributed by atoms with Gasteiger partial charge in [-0.25, -0.2) is 17.7 Å². The maximum absolute atomic E-state index is 12.9. The Morgan fingerprint density at radius 1 is 1.21 bits per heavy atom. The maximum atomic E-state index is 12.9. The lowest BCUT2D eigenvalue weighted by molar-refractivity contribution is 0.102. The third kappa shape index (κ3) is 4.24. The van der Waals surface area contributed by atoms with Gasteiger partial charge in [-0.3, -0.25) is 9.80 Å². The summed E-state index contributed by atoms with van der Waals surface area (Å²) in [6, 6.07) is 12.0. The fraction of sp³-hybridized carbons (Fsp3) is 0.227. The number of nitrogens with one attached hydrogen (secondary N) is 1. The van der Waals surface area contributed by atoms with Crippen molar-refractivity contribution in [2.75, 3.05) is 28.7 Å². The summed E-state index contributed by atoms with van der Waals surface area (Å²) in [5, 5.41) is 9.10. The molecule has 5 rings (SSSR count). The number of amides is 1. The quantitative estimate of drug-likeness (QED) is 0.716. The first-order chi connectivity index (χ1) is 15.9. The van der Waals surface area contributed by atoms with Gasteiger partial charge in [0.15, 0.2) is 0 Å². The lowest BCUT2D eigenvalue weighted by Gasteiger charge is -2.28. The van der Waals surface area contributed by atoms with Crippen LogP contribution in [-0.4, -0.2) is 56.5 Å². The Balaban J connectivity index is 1.35. The van der Waals surface area contributed by atoms with Gasteiger partial charge in [0.05, 0.1) is 40.4 Å². The highest BCUT2D eigenvalue weighted by Gasteiger charge is 2.29. The third-order valence-electron chi connectivity index (χ3n) is 5.57. The van der Waals surface area contributed by atoms with Crippen LogP contribution in [0.25, 0.3) is 0 Å². The summed E-state index contributed by atoms with van der Waals surface area (Å²) in [6.07, 6.45) is 6.30. The van der Waals surface area contributed by atoms with E-state index in [0.717, 1.165) is 22.0 Å². The van der Waals surface area contributed by atoms with Gasteiger partial charge in [0.25, 0.3) is 5.91 Å². The molecule has 0 bridgehead atoms. The summed E-state index contributed by atoms with van der Waals surface area (Å²) in [4.78, 5) is 17.3. The number of nitrogens with zero attached hydrogens (tertiary/aromatic N) is 4. The summed E-state index contributed by atoms with van der Waals surface area (Å²) in [7, 11) is -3.48. The van der Waals surface area contributed by atoms with Crippen molar-refractivity contribution < 1.29 is 17.9 Å². The fourth-order valence-electron chi connectivity index (χ4n) is 3.90. The smallest absolute Gasteiger partial charge is 0.257 e. The molecule has 170 valence electrons. The molecule has 1 amide bonds. The van der Waals surface area contributed by atoms with Crippen LogP contribution in [0.3, 0.4) is 0 Å². The zero-order chi connectivity index (χ0) is 23.0. The van der Waals surface area contributed by atoms with E-state index in [2.05, 4.69) is 15.4 Å². The molecular weight excluding hydrogens is 466 g/mol. The summed E-state index contributed by atoms with van der Waals surface area (Å²) >= 11 is 6.35. The molecule has 1 saturated heterocycles. The average molecular weight is 486 g/mol. The lowest BCUT2D eigenvalue weighted by atomic mass is 10.0. The van der Waals surface area contributed by atoms with Gasteiger partial charge >= 0.3 is 0 Å². The van der Waals surface area contributed by atoms with E-state index in [9.17, 15) is 13.2 Å². The minimum atomic E-state index is -3.48. The van der Waals surface area contributed by atoms with E-state index in [1.165, 1.54) is 18.5 Å². The Hall–Kier alpha value is -3.21. The molecule has 11 heteroatoms. The van der Waals surface area contributed by atoms with E-state index in [4.69, 9.17) is 16.3 Å². The first-order valence-corrected chi connectivity index (χ1v) is 12.3. The number of sulfonamides is 1. The number of aliphatic imine (C=N–C) groups is 1. The Labute approximate surface area is 196 Å². The number of fused-ring (bicyclic) bond motifs is 1. The second-order valence-corrected chi connectivity index (χ2v) is 10.1. The molecular formula is C22H20ClN5O4S. The van der Waals surface area contributed by atoms with Gasteiger partial charge in [-0.1, -0.05) is 29.8 Å². The lowest BCUT2D eigenvalue weighted by Crippen LogP contribution is -2.41. The second-order valence-electron chi connectivity index (χ2n) is 7.66. The number of hydrazone groups is 1. The van der Waals surface area contributed by atoms with Gasteiger partial charge in [-0.05, 0) is 36.8 Å². The summed E-state index contributed by atoms with van der Waals surface area (Å²) in [5.41, 5.74) is 2.93. The minimum absolute atomic E-state index is 0.0398. The Kier molecular flexibility index (Phi) is 5.65. The number of ether oxygens (including phenoxy) is 1. The molecule has 2 aromatic carbocycles. The molecule has 9 nitrogen and oxygen atoms in total. The van der Waals surface area contributed by atoms with Crippen LogP contribution in [0.1, 0.15) is 22.3 Å². The van der Waals surface area contributed by atoms with Gasteiger partial charge in [-0.15, -0.1) is 0 Å². The zero-order valence-electron chi connectivity index (χ0n) is 17.4. The molecule has 3 heterocycles. The first kappa shape index (κ1) is 21.6. The van der Waals surface area contributed by atoms with E-state index >= 15 is 0 Å². The summed E-state index contributed by atoms with van der Waals surface area (Å²) < 4.78 is 31.0. The Morgan fingerprint density at radius 2 is 2.09 bits per heavy atom. The SMILES string of the molecule is O=C(Nc1cccc(C2=NC=NN3C=CCC23)c1)c1ccc(N2COCCS2(=O)=O)cc1Cl. The van der Waals surface area contributed by atoms with Crippen molar-refractivity contribution in [2.45, 2.75) is 12.5 Å². The number of benzene rings is 2. The molecule has 0 saturated carbocycles. The number of halogens is 1. The van der Waals surface area contributed by atoms with Gasteiger partial charge in [-0.2, -0.15) is 5.10 Å². The number of carbonyl (C=O) groups excluding carboxylic acids is 1. The molecule has 1 N–H and O–H groups in total. The predicted molar refractivity (Wildman–Crippen MR) is 127 cm³/mol. The van der Waals surface area contributed by atoms with Crippen molar-refractivity contribution in [2.24, 2.45) is 10.1 Å². The highest BCUT2D eigenvalue weighted by atomic mass is 35.5. The number of carbonyl (C=O) groups is 1. The maximum Gasteiger partial charge on any atom is 0.257 e. The number of rotatable bonds is 4. The van der Waals surface area contributed by atoms with Crippen LogP contribution in [-0.2, 0) is 14.8 Å². The summed E-state index contributed by atoms with van der Waals surface area (Å²) in [6.45, 7) is 0.0696. The molecule has 1 atom stereocenters. The second kappa shape index (κ2) is 8.62. The average Bonchev–Trinajstić information content (AvgIpc) is 3.28. The van der Waals surface area contributed by atoms with Crippen molar-refractivity contribution in [3.8, 4) is 0 Å². The Bertz CT molecular complexity index is 1310. The highest BCUT2D eigenvalue weighted by molar-refractivity contribution is 7.92. The molecule has 3 aliphatic heterocycles. The van der Waals surface area contributed by atoms with Crippen molar-refractivity contribution in [1.29, 1.82) is 0 Å². The summed E-state index contributed by atoms with van der Waals surface area (Å²) in [5.74, 6) is -0.507. The van der Waals surface area contributed by atoms with Gasteiger partial charge < -0.3 is 10.1 Å². The van der Waals surface area contributed by atoms with Crippen molar-refractivity contribution in [1.82, 2.24) is 5.01 Å². The van der Waals surface area contributed by atoms with Crippen molar-refractivity contribution in [3.63, 3.8) is 0 Å². The molecule has 1 fully saturated rings. The fourth-order valence-corrected chi connectivity index (χ4v) is 5.38. The van der Waals surface area contributed by atoms with Crippen LogP contribution in [0.4, 0.5) is 11.4 Å². The van der Waals surface area contributed by atoms with Crippen molar-refractivity contribution >= 4 is 51.0 Å². The van der Waals surface area contributed by atoms with E-state index in [0.29, 0.717) is 11.4 Å². The molecule has 0 aromatic heterocycles. The zero-order valence-corrected chi connectivity index (χ0v) is 19.0. The molecule has 2 aromatic rings. The normalized spacial score (nSPS) is 21.0. The Morgan fingerprint density at radius 3 is 2.91 bits per heavy atom. The van der Waals surface area contributed by atoms with E-state index < -0.39 is 15.9 Å². The molecule has 0 spiro atoms. The standard InChI is InChI=1S/C22H20ClN5O4S/c23-19-12-17(28-14-32-9-10-33(28,30)31)6-7-18(19)22(29)26-16-4-1-3-15(11-16)21-20-5-2-8-27(20)25-13-24-21/h1-4,6-8,11-13,20H,5,9-10,14H2,(H,26,29). The van der Waals surface area contributed by atoms with E-state index in [1.54, 1.807) is 12.1 Å². The third-order valence-corrected chi connectivity index (χ3v) is 7.55. The van der Waals surface area contributed by atoms with E-state index in [-0.39, 0.29) is 35.7 Å². The topological polar surface area (TPSA) is 104 Å². The monoisotopic (exact) mass is 485 g/mol. The first-order valence-electron chi connectivity index (χ1n) is 10.3. The van der Waals surface area contributed by atoms with Crippen LogP contribution in [0.15, 0.2) is 64.8 Å². The molecule has 3 aliphatic rings.